The molecule has 3 nitrogen and oxygen atoms in total. The Morgan fingerprint density at radius 3 is 2.62 bits per heavy atom. The second kappa shape index (κ2) is 8.11. The smallest absolute Gasteiger partial charge is 0.225 e. The van der Waals surface area contributed by atoms with E-state index in [-0.39, 0.29) is 29.4 Å². The van der Waals surface area contributed by atoms with Gasteiger partial charge in [0, 0.05) is 10.9 Å². The van der Waals surface area contributed by atoms with Gasteiger partial charge in [-0.2, -0.15) is 0 Å². The van der Waals surface area contributed by atoms with Crippen molar-refractivity contribution < 1.29 is 9.18 Å². The highest BCUT2D eigenvalue weighted by atomic mass is 79.9. The fraction of sp³-hybridized carbons (Fsp3) is 0.533. The van der Waals surface area contributed by atoms with Crippen LogP contribution < -0.4 is 11.1 Å². The summed E-state index contributed by atoms with van der Waals surface area (Å²) in [6.07, 6.45) is 5.79. The fourth-order valence-electron chi connectivity index (χ4n) is 2.88. The van der Waals surface area contributed by atoms with Crippen LogP contribution >= 0.6 is 28.3 Å². The van der Waals surface area contributed by atoms with E-state index in [9.17, 15) is 9.18 Å². The molecule has 1 aliphatic rings. The molecule has 21 heavy (non-hydrogen) atoms. The molecular weight excluding hydrogens is 359 g/mol. The summed E-state index contributed by atoms with van der Waals surface area (Å²) in [6, 6.07) is 4.51. The maximum atomic E-state index is 13.6. The largest absolute Gasteiger partial charge is 0.330 e. The number of amides is 1. The van der Waals surface area contributed by atoms with Gasteiger partial charge in [-0.1, -0.05) is 35.2 Å². The van der Waals surface area contributed by atoms with E-state index in [0.717, 1.165) is 30.2 Å². The highest BCUT2D eigenvalue weighted by Crippen LogP contribution is 2.38. The second-order valence-corrected chi connectivity index (χ2v) is 6.53. The standard InChI is InChI=1S/C15H20BrFN2O.ClH/c16-11-4-5-12(17)13(8-11)19-14(20)9-15(10-18)6-2-1-3-7-15;/h4-5,8H,1-3,6-7,9-10,18H2,(H,19,20);1H. The Bertz CT molecular complexity index is 493. The highest BCUT2D eigenvalue weighted by Gasteiger charge is 2.33. The summed E-state index contributed by atoms with van der Waals surface area (Å²) in [5.41, 5.74) is 5.98. The van der Waals surface area contributed by atoms with Gasteiger partial charge in [0.05, 0.1) is 5.69 Å². The quantitative estimate of drug-likeness (QED) is 0.822. The molecule has 0 saturated heterocycles. The number of nitrogens with one attached hydrogen (secondary N) is 1. The Balaban J connectivity index is 0.00000220. The Kier molecular flexibility index (Phi) is 7.10. The average molecular weight is 380 g/mol. The highest BCUT2D eigenvalue weighted by molar-refractivity contribution is 9.10. The topological polar surface area (TPSA) is 55.1 Å². The van der Waals surface area contributed by atoms with Crippen LogP contribution in [-0.4, -0.2) is 12.5 Å². The van der Waals surface area contributed by atoms with Gasteiger partial charge in [-0.25, -0.2) is 4.39 Å². The van der Waals surface area contributed by atoms with Crippen molar-refractivity contribution in [1.29, 1.82) is 0 Å². The third-order valence-corrected chi connectivity index (χ3v) is 4.58. The number of benzene rings is 1. The first-order valence-corrected chi connectivity index (χ1v) is 7.79. The fourth-order valence-corrected chi connectivity index (χ4v) is 3.24. The molecule has 1 saturated carbocycles. The first-order valence-electron chi connectivity index (χ1n) is 7.00. The molecule has 6 heteroatoms. The zero-order chi connectivity index (χ0) is 14.6. The van der Waals surface area contributed by atoms with E-state index in [1.165, 1.54) is 12.5 Å². The predicted octanol–water partition coefficient (Wildman–Crippen LogP) is 4.25. The maximum absolute atomic E-state index is 13.6. The zero-order valence-corrected chi connectivity index (χ0v) is 14.2. The van der Waals surface area contributed by atoms with E-state index in [1.54, 1.807) is 12.1 Å². The molecule has 0 atom stereocenters. The molecule has 0 radical (unpaired) electrons. The number of hydrogen-bond acceptors (Lipinski definition) is 2. The van der Waals surface area contributed by atoms with Gasteiger partial charge >= 0.3 is 0 Å². The van der Waals surface area contributed by atoms with Crippen LogP contribution in [0.3, 0.4) is 0 Å². The summed E-state index contributed by atoms with van der Waals surface area (Å²) in [5, 5.41) is 2.66. The van der Waals surface area contributed by atoms with Gasteiger partial charge in [0.25, 0.3) is 0 Å². The molecule has 1 aliphatic carbocycles. The summed E-state index contributed by atoms with van der Waals surface area (Å²) in [6.45, 7) is 0.515. The first kappa shape index (κ1) is 18.4. The molecule has 2 rings (SSSR count). The molecular formula is C15H21BrClFN2O. The van der Waals surface area contributed by atoms with Crippen molar-refractivity contribution in [3.8, 4) is 0 Å². The number of nitrogens with two attached hydrogens (primary N) is 1. The van der Waals surface area contributed by atoms with Gasteiger partial charge in [0.1, 0.15) is 5.82 Å². The summed E-state index contributed by atoms with van der Waals surface area (Å²) >= 11 is 3.27. The molecule has 3 N–H and O–H groups in total. The molecule has 0 heterocycles. The lowest BCUT2D eigenvalue weighted by atomic mass is 9.71. The Labute approximate surface area is 139 Å². The van der Waals surface area contributed by atoms with E-state index in [0.29, 0.717) is 13.0 Å². The first-order chi connectivity index (χ1) is 9.54. The third kappa shape index (κ3) is 4.94. The zero-order valence-electron chi connectivity index (χ0n) is 11.8. The molecule has 0 bridgehead atoms. The van der Waals surface area contributed by atoms with Crippen LogP contribution in [0.4, 0.5) is 10.1 Å². The number of anilines is 1. The van der Waals surface area contributed by atoms with Crippen molar-refractivity contribution in [2.45, 2.75) is 38.5 Å². The van der Waals surface area contributed by atoms with E-state index in [4.69, 9.17) is 5.73 Å². The van der Waals surface area contributed by atoms with Crippen LogP contribution in [0.5, 0.6) is 0 Å². The normalized spacial score (nSPS) is 16.9. The van der Waals surface area contributed by atoms with Crippen LogP contribution in [-0.2, 0) is 4.79 Å². The molecule has 0 spiro atoms. The van der Waals surface area contributed by atoms with E-state index >= 15 is 0 Å². The minimum absolute atomic E-state index is 0. The number of carbonyl (C=O) groups is 1. The lowest BCUT2D eigenvalue weighted by Crippen LogP contribution is -2.36. The van der Waals surface area contributed by atoms with Gasteiger partial charge in [-0.15, -0.1) is 12.4 Å². The molecule has 1 fully saturated rings. The molecule has 1 aromatic rings. The molecule has 1 aromatic carbocycles. The van der Waals surface area contributed by atoms with Crippen LogP contribution in [0.2, 0.25) is 0 Å². The monoisotopic (exact) mass is 378 g/mol. The lowest BCUT2D eigenvalue weighted by Gasteiger charge is -2.35. The molecule has 0 unspecified atom stereocenters. The van der Waals surface area contributed by atoms with Crippen molar-refractivity contribution >= 4 is 39.9 Å². The van der Waals surface area contributed by atoms with Gasteiger partial charge in [-0.3, -0.25) is 4.79 Å². The van der Waals surface area contributed by atoms with Crippen molar-refractivity contribution in [2.24, 2.45) is 11.1 Å². The van der Waals surface area contributed by atoms with Crippen molar-refractivity contribution in [2.75, 3.05) is 11.9 Å². The SMILES string of the molecule is Cl.NCC1(CC(=O)Nc2cc(Br)ccc2F)CCCCC1. The van der Waals surface area contributed by atoms with Crippen LogP contribution in [0.1, 0.15) is 38.5 Å². The molecule has 1 amide bonds. The Morgan fingerprint density at radius 2 is 2.00 bits per heavy atom. The predicted molar refractivity (Wildman–Crippen MR) is 89.2 cm³/mol. The second-order valence-electron chi connectivity index (χ2n) is 5.61. The third-order valence-electron chi connectivity index (χ3n) is 4.09. The van der Waals surface area contributed by atoms with Crippen molar-refractivity contribution in [1.82, 2.24) is 0 Å². The summed E-state index contributed by atoms with van der Waals surface area (Å²) < 4.78 is 14.4. The van der Waals surface area contributed by atoms with E-state index in [1.807, 2.05) is 0 Å². The Hall–Kier alpha value is -0.650. The van der Waals surface area contributed by atoms with Gasteiger partial charge in [0.2, 0.25) is 5.91 Å². The van der Waals surface area contributed by atoms with Crippen molar-refractivity contribution in [3.05, 3.63) is 28.5 Å². The number of carbonyl (C=O) groups excluding carboxylic acids is 1. The van der Waals surface area contributed by atoms with Crippen LogP contribution in [0.15, 0.2) is 22.7 Å². The minimum atomic E-state index is -0.424. The molecule has 0 aliphatic heterocycles. The summed E-state index contributed by atoms with van der Waals surface area (Å²) in [5.74, 6) is -0.582. The van der Waals surface area contributed by atoms with Gasteiger partial charge in [0.15, 0.2) is 0 Å². The van der Waals surface area contributed by atoms with Crippen LogP contribution in [0, 0.1) is 11.2 Å². The van der Waals surface area contributed by atoms with Crippen LogP contribution in [0.25, 0.3) is 0 Å². The van der Waals surface area contributed by atoms with Gasteiger partial charge < -0.3 is 11.1 Å². The van der Waals surface area contributed by atoms with E-state index < -0.39 is 5.82 Å². The summed E-state index contributed by atoms with van der Waals surface area (Å²) in [7, 11) is 0. The maximum Gasteiger partial charge on any atom is 0.225 e. The average Bonchev–Trinajstić information content (AvgIpc) is 2.44. The van der Waals surface area contributed by atoms with Crippen molar-refractivity contribution in [3.63, 3.8) is 0 Å². The molecule has 118 valence electrons. The van der Waals surface area contributed by atoms with E-state index in [2.05, 4.69) is 21.2 Å². The summed E-state index contributed by atoms with van der Waals surface area (Å²) in [4.78, 5) is 12.2. The Morgan fingerprint density at radius 1 is 1.33 bits per heavy atom. The minimum Gasteiger partial charge on any atom is -0.330 e. The van der Waals surface area contributed by atoms with Gasteiger partial charge in [-0.05, 0) is 43.0 Å². The number of hydrogen-bond donors (Lipinski definition) is 2. The molecule has 0 aromatic heterocycles. The lowest BCUT2D eigenvalue weighted by molar-refractivity contribution is -0.118. The number of rotatable bonds is 4. The number of halogens is 3.